The van der Waals surface area contributed by atoms with Crippen LogP contribution in [0, 0.1) is 11.6 Å². The molecule has 16 heteroatoms. The van der Waals surface area contributed by atoms with Crippen LogP contribution in [0.3, 0.4) is 0 Å². The molecule has 0 amide bonds. The third-order valence-electron chi connectivity index (χ3n) is 12.0. The van der Waals surface area contributed by atoms with Crippen molar-refractivity contribution in [1.82, 2.24) is 33.2 Å². The molecule has 8 aromatic rings. The lowest BCUT2D eigenvalue weighted by Crippen LogP contribution is -2.18. The molecule has 0 unspecified atom stereocenters. The average Bonchev–Trinajstić information content (AvgIpc) is 3.47. The maximum absolute atomic E-state index is 13.7. The first-order valence-corrected chi connectivity index (χ1v) is 21.7. The van der Waals surface area contributed by atoms with Gasteiger partial charge in [-0.2, -0.15) is 0 Å². The first-order chi connectivity index (χ1) is 30.6. The number of halogens is 5. The first-order valence-electron chi connectivity index (χ1n) is 21.3. The molecular weight excluding hydrogens is 895 g/mol. The SMILES string of the molecule is Cl.Cl.Cn1c2c(c3ccc(-n4ccc(OCc5ccc(Cl)cc5)cc4=O)nc31)CCCCC2.Cn1c2c(c3ccc(-n4ccc(OCc5ncc(F)cc5F)cc4=O)nc31)CCCCC2. The van der Waals surface area contributed by atoms with Gasteiger partial charge in [0.25, 0.3) is 11.1 Å². The zero-order valence-electron chi connectivity index (χ0n) is 35.9. The van der Waals surface area contributed by atoms with E-state index in [1.54, 1.807) is 29.1 Å². The van der Waals surface area contributed by atoms with E-state index in [0.717, 1.165) is 60.2 Å². The van der Waals surface area contributed by atoms with Crippen molar-refractivity contribution in [2.75, 3.05) is 0 Å². The van der Waals surface area contributed by atoms with Crippen LogP contribution in [0.5, 0.6) is 11.5 Å². The predicted molar refractivity (Wildman–Crippen MR) is 254 cm³/mol. The molecule has 1 aromatic carbocycles. The van der Waals surface area contributed by atoms with E-state index in [1.165, 1.54) is 83.1 Å². The molecule has 7 heterocycles. The Morgan fingerprint density at radius 1 is 0.615 bits per heavy atom. The third-order valence-corrected chi connectivity index (χ3v) is 12.3. The number of aromatic nitrogens is 7. The van der Waals surface area contributed by atoms with Gasteiger partial charge in [0.1, 0.15) is 59.2 Å². The fraction of sp³-hybridized carbons (Fsp3) is 0.286. The Morgan fingerprint density at radius 3 is 1.60 bits per heavy atom. The molecule has 0 radical (unpaired) electrons. The summed E-state index contributed by atoms with van der Waals surface area (Å²) in [4.78, 5) is 38.8. The second kappa shape index (κ2) is 20.4. The highest BCUT2D eigenvalue weighted by atomic mass is 35.5. The highest BCUT2D eigenvalue weighted by Gasteiger charge is 2.21. The summed E-state index contributed by atoms with van der Waals surface area (Å²) < 4.78 is 45.3. The van der Waals surface area contributed by atoms with Crippen molar-refractivity contribution in [3.8, 4) is 23.1 Å². The average molecular weight is 943 g/mol. The van der Waals surface area contributed by atoms with Gasteiger partial charge in [0.15, 0.2) is 5.82 Å². The Morgan fingerprint density at radius 2 is 1.11 bits per heavy atom. The molecule has 2 aliphatic rings. The van der Waals surface area contributed by atoms with Gasteiger partial charge >= 0.3 is 0 Å². The normalized spacial score (nSPS) is 13.3. The molecule has 7 aromatic heterocycles. The molecule has 0 spiro atoms. The van der Waals surface area contributed by atoms with Gasteiger partial charge in [0.05, 0.1) is 6.20 Å². The smallest absolute Gasteiger partial charge is 0.259 e. The van der Waals surface area contributed by atoms with E-state index in [0.29, 0.717) is 29.0 Å². The zero-order chi connectivity index (χ0) is 43.6. The van der Waals surface area contributed by atoms with Gasteiger partial charge in [-0.05, 0) is 117 Å². The Hall–Kier alpha value is -6.02. The van der Waals surface area contributed by atoms with Crippen molar-refractivity contribution in [2.24, 2.45) is 14.1 Å². The maximum atomic E-state index is 13.7. The van der Waals surface area contributed by atoms with E-state index in [4.69, 9.17) is 31.0 Å². The molecular formula is C49H48Cl3F2N7O4. The Bertz CT molecular complexity index is 3110. The monoisotopic (exact) mass is 941 g/mol. The lowest BCUT2D eigenvalue weighted by atomic mass is 10.1. The summed E-state index contributed by atoms with van der Waals surface area (Å²) in [5.74, 6) is 0.393. The van der Waals surface area contributed by atoms with Crippen LogP contribution in [0.25, 0.3) is 33.7 Å². The Labute approximate surface area is 391 Å². The van der Waals surface area contributed by atoms with Crippen LogP contribution in [0.4, 0.5) is 8.78 Å². The van der Waals surface area contributed by atoms with E-state index in [2.05, 4.69) is 27.2 Å². The minimum atomic E-state index is -0.795. The van der Waals surface area contributed by atoms with Crippen molar-refractivity contribution < 1.29 is 18.3 Å². The fourth-order valence-corrected chi connectivity index (χ4v) is 8.89. The van der Waals surface area contributed by atoms with Gasteiger partial charge < -0.3 is 18.6 Å². The second-order valence-electron chi connectivity index (χ2n) is 16.1. The molecule has 0 atom stereocenters. The van der Waals surface area contributed by atoms with Crippen molar-refractivity contribution in [1.29, 1.82) is 0 Å². The van der Waals surface area contributed by atoms with Crippen molar-refractivity contribution in [3.63, 3.8) is 0 Å². The molecule has 11 nitrogen and oxygen atoms in total. The summed E-state index contributed by atoms with van der Waals surface area (Å²) in [7, 11) is 4.12. The van der Waals surface area contributed by atoms with Gasteiger partial charge in [-0.1, -0.05) is 36.6 Å². The molecule has 65 heavy (non-hydrogen) atoms. The van der Waals surface area contributed by atoms with Crippen LogP contribution in [0.15, 0.2) is 107 Å². The van der Waals surface area contributed by atoms with Crippen LogP contribution < -0.4 is 20.6 Å². The number of aryl methyl sites for hydroxylation is 4. The van der Waals surface area contributed by atoms with E-state index in [9.17, 15) is 18.4 Å². The van der Waals surface area contributed by atoms with Crippen LogP contribution in [0.2, 0.25) is 5.02 Å². The fourth-order valence-electron chi connectivity index (χ4n) is 8.76. The molecule has 338 valence electrons. The van der Waals surface area contributed by atoms with Crippen molar-refractivity contribution in [3.05, 3.63) is 169 Å². The van der Waals surface area contributed by atoms with Crippen LogP contribution >= 0.6 is 36.4 Å². The highest BCUT2D eigenvalue weighted by Crippen LogP contribution is 2.32. The van der Waals surface area contributed by atoms with E-state index in [1.807, 2.05) is 49.5 Å². The number of pyridine rings is 5. The molecule has 2 aliphatic carbocycles. The lowest BCUT2D eigenvalue weighted by molar-refractivity contribution is 0.292. The summed E-state index contributed by atoms with van der Waals surface area (Å²) in [6.07, 6.45) is 15.9. The number of hydrogen-bond acceptors (Lipinski definition) is 7. The summed E-state index contributed by atoms with van der Waals surface area (Å²) >= 11 is 5.92. The number of nitrogens with zero attached hydrogens (tertiary/aromatic N) is 7. The van der Waals surface area contributed by atoms with Gasteiger partial charge in [0, 0.05) is 71.9 Å². The Balaban J connectivity index is 0.000000188. The molecule has 0 bridgehead atoms. The number of hydrogen-bond donors (Lipinski definition) is 0. The van der Waals surface area contributed by atoms with Gasteiger partial charge in [-0.3, -0.25) is 23.7 Å². The molecule has 10 rings (SSSR count). The molecule has 0 aliphatic heterocycles. The predicted octanol–water partition coefficient (Wildman–Crippen LogP) is 10.3. The van der Waals surface area contributed by atoms with E-state index in [-0.39, 0.29) is 54.0 Å². The minimum absolute atomic E-state index is 0. The Kier molecular flexibility index (Phi) is 14.8. The number of ether oxygens (including phenoxy) is 2. The molecule has 0 N–H and O–H groups in total. The lowest BCUT2D eigenvalue weighted by Gasteiger charge is -2.09. The summed E-state index contributed by atoms with van der Waals surface area (Å²) in [5.41, 5.74) is 7.79. The van der Waals surface area contributed by atoms with E-state index >= 15 is 0 Å². The third kappa shape index (κ3) is 9.97. The quantitative estimate of drug-likeness (QED) is 0.140. The summed E-state index contributed by atoms with van der Waals surface area (Å²) in [5, 5.41) is 3.04. The number of benzene rings is 1. The maximum Gasteiger partial charge on any atom is 0.259 e. The van der Waals surface area contributed by atoms with Crippen molar-refractivity contribution >= 4 is 58.5 Å². The first kappa shape index (κ1) is 47.0. The summed E-state index contributed by atoms with van der Waals surface area (Å²) in [6, 6.07) is 22.4. The standard InChI is InChI=1S/C25H24ClN3O2.C24H22F2N4O2.2ClH/c1-28-22-6-4-2-3-5-20(22)21-11-12-23(27-25(21)28)29-14-13-19(15-24(29)30)31-16-17-7-9-18(26)10-8-17;1-29-21-6-4-2-3-5-17(21)18-7-8-22(28-24(18)29)30-10-9-16(12-23(30)31)32-14-20-19(26)11-15(25)13-27-20;;/h7-15H,2-6,16H2,1H3;7-13H,2-6,14H2,1H3;2*1H. The summed E-state index contributed by atoms with van der Waals surface area (Å²) in [6.45, 7) is 0.161. The van der Waals surface area contributed by atoms with E-state index < -0.39 is 11.6 Å². The number of fused-ring (bicyclic) bond motifs is 6. The molecule has 0 saturated carbocycles. The highest BCUT2D eigenvalue weighted by molar-refractivity contribution is 6.30. The largest absolute Gasteiger partial charge is 0.489 e. The molecule has 0 saturated heterocycles. The topological polar surface area (TPSA) is 111 Å². The zero-order valence-corrected chi connectivity index (χ0v) is 38.3. The van der Waals surface area contributed by atoms with Crippen LogP contribution in [-0.2, 0) is 53.0 Å². The van der Waals surface area contributed by atoms with Crippen LogP contribution in [0.1, 0.15) is 72.3 Å². The van der Waals surface area contributed by atoms with Crippen molar-refractivity contribution in [2.45, 2.75) is 77.4 Å². The number of rotatable bonds is 8. The van der Waals surface area contributed by atoms with Gasteiger partial charge in [0.2, 0.25) is 0 Å². The van der Waals surface area contributed by atoms with Gasteiger partial charge in [-0.25, -0.2) is 18.7 Å². The minimum Gasteiger partial charge on any atom is -0.489 e. The van der Waals surface area contributed by atoms with Gasteiger partial charge in [-0.15, -0.1) is 24.8 Å². The van der Waals surface area contributed by atoms with Crippen LogP contribution in [-0.4, -0.2) is 33.2 Å². The molecule has 0 fully saturated rings. The second-order valence-corrected chi connectivity index (χ2v) is 16.5.